The zero-order valence-electron chi connectivity index (χ0n) is 7.83. The number of allylic oxidation sites excluding steroid dienone is 4. The average Bonchev–Trinajstić information content (AvgIpc) is 2.14. The first-order valence-corrected chi connectivity index (χ1v) is 3.80. The molecule has 0 rings (SSSR count). The van der Waals surface area contributed by atoms with Crippen molar-refractivity contribution in [3.63, 3.8) is 0 Å². The van der Waals surface area contributed by atoms with Crippen molar-refractivity contribution >= 4 is 0 Å². The van der Waals surface area contributed by atoms with Crippen LogP contribution in [-0.4, -0.2) is 0 Å². The van der Waals surface area contributed by atoms with Crippen LogP contribution in [0, 0.1) is 22.7 Å². The smallest absolute Gasteiger partial charge is 0.0940 e. The Kier molecular flexibility index (Phi) is 13.3. The molecule has 0 radical (unpaired) electrons. The number of hydrogen-bond donors (Lipinski definition) is 0. The van der Waals surface area contributed by atoms with Gasteiger partial charge in [-0.3, -0.25) is 0 Å². The van der Waals surface area contributed by atoms with Crippen molar-refractivity contribution in [3.8, 4) is 12.1 Å². The van der Waals surface area contributed by atoms with Crippen molar-refractivity contribution in [2.45, 2.75) is 27.2 Å². The molecule has 0 saturated heterocycles. The van der Waals surface area contributed by atoms with E-state index >= 15 is 0 Å². The molecule has 64 valence electrons. The van der Waals surface area contributed by atoms with Crippen LogP contribution in [0.5, 0.6) is 0 Å². The summed E-state index contributed by atoms with van der Waals surface area (Å²) in [5.74, 6) is 0. The summed E-state index contributed by atoms with van der Waals surface area (Å²) in [5.41, 5.74) is 0.773. The van der Waals surface area contributed by atoms with Crippen LogP contribution in [0.4, 0.5) is 0 Å². The number of nitriles is 2. The molecule has 0 unspecified atom stereocenters. The van der Waals surface area contributed by atoms with Gasteiger partial charge in [0.05, 0.1) is 12.1 Å². The quantitative estimate of drug-likeness (QED) is 0.556. The SMILES string of the molecule is CC/C=C\C#N.CC=C(C)C#N. The largest absolute Gasteiger partial charge is 0.193 e. The number of nitrogens with zero attached hydrogens (tertiary/aromatic N) is 2. The first-order valence-electron chi connectivity index (χ1n) is 3.80. The van der Waals surface area contributed by atoms with Crippen LogP contribution >= 0.6 is 0 Å². The highest BCUT2D eigenvalue weighted by molar-refractivity contribution is 5.15. The molecule has 0 atom stereocenters. The van der Waals surface area contributed by atoms with Gasteiger partial charge >= 0.3 is 0 Å². The third kappa shape index (κ3) is 15.8. The minimum absolute atomic E-state index is 0.773. The molecule has 0 aliphatic heterocycles. The van der Waals surface area contributed by atoms with E-state index in [2.05, 4.69) is 0 Å². The van der Waals surface area contributed by atoms with Gasteiger partial charge in [-0.05, 0) is 20.3 Å². The molecule has 0 aliphatic rings. The zero-order chi connectivity index (χ0) is 9.82. The molecule has 0 aliphatic carbocycles. The Morgan fingerprint density at radius 2 is 2.00 bits per heavy atom. The molecule has 0 saturated carbocycles. The van der Waals surface area contributed by atoms with Gasteiger partial charge in [-0.2, -0.15) is 10.5 Å². The van der Waals surface area contributed by atoms with Gasteiger partial charge in [-0.1, -0.05) is 19.1 Å². The third-order valence-electron chi connectivity index (χ3n) is 1.04. The summed E-state index contributed by atoms with van der Waals surface area (Å²) in [6.45, 7) is 5.62. The van der Waals surface area contributed by atoms with Crippen molar-refractivity contribution in [3.05, 3.63) is 23.8 Å². The van der Waals surface area contributed by atoms with Gasteiger partial charge in [0.15, 0.2) is 0 Å². The Balaban J connectivity index is 0. The Morgan fingerprint density at radius 3 is 2.08 bits per heavy atom. The van der Waals surface area contributed by atoms with Crippen molar-refractivity contribution in [2.24, 2.45) is 0 Å². The summed E-state index contributed by atoms with van der Waals surface area (Å²) in [6.07, 6.45) is 6.04. The summed E-state index contributed by atoms with van der Waals surface area (Å²) >= 11 is 0. The van der Waals surface area contributed by atoms with Gasteiger partial charge < -0.3 is 0 Å². The average molecular weight is 162 g/mol. The summed E-state index contributed by atoms with van der Waals surface area (Å²) in [7, 11) is 0. The van der Waals surface area contributed by atoms with Gasteiger partial charge in [-0.25, -0.2) is 0 Å². The van der Waals surface area contributed by atoms with Crippen LogP contribution in [0.25, 0.3) is 0 Å². The highest BCUT2D eigenvalue weighted by Gasteiger charge is 1.71. The monoisotopic (exact) mass is 162 g/mol. The van der Waals surface area contributed by atoms with Crippen LogP contribution in [0.3, 0.4) is 0 Å². The molecule has 0 bridgehead atoms. The van der Waals surface area contributed by atoms with Crippen LogP contribution in [-0.2, 0) is 0 Å². The van der Waals surface area contributed by atoms with E-state index in [1.807, 2.05) is 32.1 Å². The molecule has 2 nitrogen and oxygen atoms in total. The van der Waals surface area contributed by atoms with Crippen LogP contribution in [0.15, 0.2) is 23.8 Å². The Hall–Kier alpha value is -1.54. The lowest BCUT2D eigenvalue weighted by Gasteiger charge is -1.70. The standard InChI is InChI=1S/2C5H7N/c1-3-5(2)4-6;1-2-3-4-5-6/h3H,1-2H3;3-4H,2H2,1H3/b;4-3-. The Bertz CT molecular complexity index is 223. The van der Waals surface area contributed by atoms with Crippen molar-refractivity contribution < 1.29 is 0 Å². The first-order chi connectivity index (χ1) is 5.72. The van der Waals surface area contributed by atoms with E-state index in [9.17, 15) is 0 Å². The summed E-state index contributed by atoms with van der Waals surface area (Å²) in [6, 6.07) is 3.86. The van der Waals surface area contributed by atoms with Crippen LogP contribution in [0.1, 0.15) is 27.2 Å². The fraction of sp³-hybridized carbons (Fsp3) is 0.400. The number of rotatable bonds is 1. The predicted octanol–water partition coefficient (Wildman–Crippen LogP) is 2.95. The summed E-state index contributed by atoms with van der Waals surface area (Å²) in [4.78, 5) is 0. The van der Waals surface area contributed by atoms with E-state index in [-0.39, 0.29) is 0 Å². The van der Waals surface area contributed by atoms with E-state index in [0.29, 0.717) is 0 Å². The lowest BCUT2D eigenvalue weighted by molar-refractivity contribution is 1.22. The predicted molar refractivity (Wildman–Crippen MR) is 50.1 cm³/mol. The first kappa shape index (κ1) is 13.1. The Labute approximate surface area is 74.4 Å². The molecule has 0 aromatic rings. The summed E-state index contributed by atoms with van der Waals surface area (Å²) in [5, 5.41) is 15.9. The molecule has 12 heavy (non-hydrogen) atoms. The fourth-order valence-electron chi connectivity index (χ4n) is 0.235. The maximum absolute atomic E-state index is 8.02. The highest BCUT2D eigenvalue weighted by atomic mass is 14.2. The molecular weight excluding hydrogens is 148 g/mol. The van der Waals surface area contributed by atoms with Gasteiger partial charge in [0.25, 0.3) is 0 Å². The van der Waals surface area contributed by atoms with Crippen molar-refractivity contribution in [1.82, 2.24) is 0 Å². The molecule has 0 aromatic heterocycles. The van der Waals surface area contributed by atoms with E-state index < -0.39 is 0 Å². The molecule has 0 aromatic carbocycles. The van der Waals surface area contributed by atoms with Gasteiger partial charge in [0.2, 0.25) is 0 Å². The van der Waals surface area contributed by atoms with Crippen molar-refractivity contribution in [2.75, 3.05) is 0 Å². The van der Waals surface area contributed by atoms with E-state index in [1.54, 1.807) is 13.0 Å². The molecule has 2 heteroatoms. The highest BCUT2D eigenvalue weighted by Crippen LogP contribution is 1.83. The topological polar surface area (TPSA) is 47.6 Å². The fourth-order valence-corrected chi connectivity index (χ4v) is 0.235. The van der Waals surface area contributed by atoms with Crippen molar-refractivity contribution in [1.29, 1.82) is 10.5 Å². The lowest BCUT2D eigenvalue weighted by Crippen LogP contribution is -1.58. The normalized spacial score (nSPS) is 9.58. The van der Waals surface area contributed by atoms with Gasteiger partial charge in [0.1, 0.15) is 0 Å². The molecule has 0 fully saturated rings. The second-order valence-electron chi connectivity index (χ2n) is 2.02. The maximum atomic E-state index is 8.02. The second kappa shape index (κ2) is 12.2. The number of hydrogen-bond acceptors (Lipinski definition) is 2. The minimum atomic E-state index is 0.773. The molecule has 0 spiro atoms. The van der Waals surface area contributed by atoms with E-state index in [0.717, 1.165) is 12.0 Å². The van der Waals surface area contributed by atoms with Gasteiger partial charge in [0, 0.05) is 11.6 Å². The molecule has 0 N–H and O–H groups in total. The van der Waals surface area contributed by atoms with Gasteiger partial charge in [-0.15, -0.1) is 0 Å². The summed E-state index contributed by atoms with van der Waals surface area (Å²) < 4.78 is 0. The Morgan fingerprint density at radius 1 is 1.42 bits per heavy atom. The molecular formula is C10H14N2. The van der Waals surface area contributed by atoms with Crippen LogP contribution in [0.2, 0.25) is 0 Å². The van der Waals surface area contributed by atoms with E-state index in [4.69, 9.17) is 10.5 Å². The minimum Gasteiger partial charge on any atom is -0.193 e. The zero-order valence-corrected chi connectivity index (χ0v) is 7.83. The third-order valence-corrected chi connectivity index (χ3v) is 1.04. The molecule has 0 amide bonds. The molecule has 0 heterocycles. The second-order valence-corrected chi connectivity index (χ2v) is 2.02. The van der Waals surface area contributed by atoms with E-state index in [1.165, 1.54) is 6.08 Å². The maximum Gasteiger partial charge on any atom is 0.0940 e. The lowest BCUT2D eigenvalue weighted by atomic mass is 10.3. The van der Waals surface area contributed by atoms with Crippen LogP contribution < -0.4 is 0 Å².